The summed E-state index contributed by atoms with van der Waals surface area (Å²) in [7, 11) is 0. The van der Waals surface area contributed by atoms with Crippen LogP contribution in [0.2, 0.25) is 0 Å². The van der Waals surface area contributed by atoms with Crippen molar-refractivity contribution < 1.29 is 29.3 Å². The molecule has 1 aliphatic heterocycles. The van der Waals surface area contributed by atoms with Crippen molar-refractivity contribution in [2.45, 2.75) is 24.5 Å². The van der Waals surface area contributed by atoms with Crippen LogP contribution in [-0.4, -0.2) is 73.6 Å². The lowest BCUT2D eigenvalue weighted by atomic mass is 9.98. The quantitative estimate of drug-likeness (QED) is 0.446. The molecule has 5 rings (SSSR count). The molecule has 1 fully saturated rings. The molecule has 2 amide bonds. The van der Waals surface area contributed by atoms with E-state index in [-0.39, 0.29) is 37.3 Å². The maximum absolute atomic E-state index is 12.6. The van der Waals surface area contributed by atoms with E-state index in [1.54, 1.807) is 0 Å². The van der Waals surface area contributed by atoms with Crippen molar-refractivity contribution in [2.75, 3.05) is 18.5 Å². The molecule has 0 bridgehead atoms. The topological polar surface area (TPSA) is 158 Å². The summed E-state index contributed by atoms with van der Waals surface area (Å²) in [5, 5.41) is 27.5. The number of aromatic nitrogens is 3. The fourth-order valence-corrected chi connectivity index (χ4v) is 4.55. The minimum absolute atomic E-state index is 0.0694. The Hall–Kier alpha value is -4.25. The third kappa shape index (κ3) is 3.86. The number of nitrogens with one attached hydrogen (secondary N) is 2. The number of fused-ring (bicyclic) bond motifs is 3. The van der Waals surface area contributed by atoms with Crippen molar-refractivity contribution in [2.24, 2.45) is 0 Å². The summed E-state index contributed by atoms with van der Waals surface area (Å²) in [6.07, 6.45) is -1.80. The second kappa shape index (κ2) is 8.60. The highest BCUT2D eigenvalue weighted by Crippen LogP contribution is 2.44. The average Bonchev–Trinajstić information content (AvgIpc) is 3.53. The van der Waals surface area contributed by atoms with E-state index < -0.39 is 30.1 Å². The van der Waals surface area contributed by atoms with Gasteiger partial charge >= 0.3 is 12.1 Å². The van der Waals surface area contributed by atoms with E-state index in [1.807, 2.05) is 48.5 Å². The number of aliphatic hydroxyl groups is 1. The molecule has 4 N–H and O–H groups in total. The van der Waals surface area contributed by atoms with Crippen LogP contribution in [0.15, 0.2) is 48.5 Å². The summed E-state index contributed by atoms with van der Waals surface area (Å²) < 4.78 is 5.43. The van der Waals surface area contributed by atoms with Crippen molar-refractivity contribution in [3.8, 4) is 11.1 Å². The molecule has 34 heavy (non-hydrogen) atoms. The normalized spacial score (nSPS) is 18.9. The van der Waals surface area contributed by atoms with Gasteiger partial charge in [0.05, 0.1) is 6.10 Å². The van der Waals surface area contributed by atoms with Gasteiger partial charge in [-0.05, 0) is 22.3 Å². The summed E-state index contributed by atoms with van der Waals surface area (Å²) in [6, 6.07) is 14.7. The first kappa shape index (κ1) is 21.6. The molecule has 2 aliphatic rings. The van der Waals surface area contributed by atoms with Gasteiger partial charge in [-0.3, -0.25) is 15.2 Å². The van der Waals surface area contributed by atoms with E-state index >= 15 is 0 Å². The number of aromatic amines is 1. The number of carbonyl (C=O) groups excluding carboxylic acids is 2. The minimum Gasteiger partial charge on any atom is -0.480 e. The predicted molar refractivity (Wildman–Crippen MR) is 118 cm³/mol. The Bertz CT molecular complexity index is 1230. The number of ether oxygens (including phenoxy) is 1. The Morgan fingerprint density at radius 3 is 2.38 bits per heavy atom. The Balaban J connectivity index is 1.23. The van der Waals surface area contributed by atoms with Crippen LogP contribution < -0.4 is 5.32 Å². The van der Waals surface area contributed by atoms with E-state index in [9.17, 15) is 24.6 Å². The standard InChI is InChI=1S/C23H21N5O6/c29-12-9-18(21(31)32)28(10-12)20(30)19-24-22(27-26-19)25-23(33)34-11-17-15-7-3-1-5-13(15)14-6-2-4-8-16(14)17/h1-8,12,17-18,29H,9-11H2,(H,31,32)(H2,24,25,26,27,33)/t12-,18-/m1/s1. The molecule has 11 heteroatoms. The van der Waals surface area contributed by atoms with Crippen molar-refractivity contribution in [1.82, 2.24) is 20.1 Å². The third-order valence-electron chi connectivity index (χ3n) is 6.07. The number of carboxylic acids is 1. The lowest BCUT2D eigenvalue weighted by Gasteiger charge is -2.19. The molecule has 1 aromatic heterocycles. The predicted octanol–water partition coefficient (Wildman–Crippen LogP) is 1.83. The zero-order chi connectivity index (χ0) is 23.8. The molecule has 1 saturated heterocycles. The summed E-state index contributed by atoms with van der Waals surface area (Å²) in [5.74, 6) is -2.52. The SMILES string of the molecule is O=C(Nc1n[nH]c(C(=O)N2C[C@H](O)C[C@@H]2C(=O)O)n1)OCC1c2ccccc2-c2ccccc21. The number of carbonyl (C=O) groups is 3. The van der Waals surface area contributed by atoms with Gasteiger partial charge in [0.15, 0.2) is 0 Å². The van der Waals surface area contributed by atoms with Crippen LogP contribution >= 0.6 is 0 Å². The van der Waals surface area contributed by atoms with Crippen LogP contribution in [0.25, 0.3) is 11.1 Å². The fraction of sp³-hybridized carbons (Fsp3) is 0.261. The van der Waals surface area contributed by atoms with E-state index in [2.05, 4.69) is 20.5 Å². The molecule has 174 valence electrons. The van der Waals surface area contributed by atoms with Crippen LogP contribution in [0.5, 0.6) is 0 Å². The second-order valence-electron chi connectivity index (χ2n) is 8.16. The van der Waals surface area contributed by atoms with E-state index in [0.29, 0.717) is 0 Å². The van der Waals surface area contributed by atoms with Crippen molar-refractivity contribution >= 4 is 23.9 Å². The first-order valence-corrected chi connectivity index (χ1v) is 10.7. The van der Waals surface area contributed by atoms with Crippen LogP contribution in [-0.2, 0) is 9.53 Å². The first-order valence-electron chi connectivity index (χ1n) is 10.7. The summed E-state index contributed by atoms with van der Waals surface area (Å²) in [4.78, 5) is 41.3. The molecule has 0 radical (unpaired) electrons. The molecule has 3 aromatic rings. The Kier molecular flexibility index (Phi) is 5.46. The zero-order valence-corrected chi connectivity index (χ0v) is 17.8. The van der Waals surface area contributed by atoms with Gasteiger partial charge in [-0.1, -0.05) is 48.5 Å². The third-order valence-corrected chi connectivity index (χ3v) is 6.07. The smallest absolute Gasteiger partial charge is 0.414 e. The molecule has 1 aliphatic carbocycles. The van der Waals surface area contributed by atoms with E-state index in [0.717, 1.165) is 27.2 Å². The van der Waals surface area contributed by atoms with Crippen LogP contribution in [0.4, 0.5) is 10.7 Å². The molecule has 2 heterocycles. The Labute approximate surface area is 193 Å². The highest BCUT2D eigenvalue weighted by atomic mass is 16.5. The number of aliphatic carboxylic acids is 1. The largest absolute Gasteiger partial charge is 0.480 e. The highest BCUT2D eigenvalue weighted by Gasteiger charge is 2.40. The van der Waals surface area contributed by atoms with Gasteiger partial charge in [0.1, 0.15) is 12.6 Å². The lowest BCUT2D eigenvalue weighted by Crippen LogP contribution is -2.41. The van der Waals surface area contributed by atoms with Crippen molar-refractivity contribution in [1.29, 1.82) is 0 Å². The Morgan fingerprint density at radius 2 is 1.74 bits per heavy atom. The molecule has 0 spiro atoms. The first-order chi connectivity index (χ1) is 16.4. The van der Waals surface area contributed by atoms with E-state index in [4.69, 9.17) is 4.74 Å². The van der Waals surface area contributed by atoms with E-state index in [1.165, 1.54) is 0 Å². The van der Waals surface area contributed by atoms with Gasteiger partial charge in [0.2, 0.25) is 5.82 Å². The molecule has 2 aromatic carbocycles. The number of hydrogen-bond acceptors (Lipinski definition) is 7. The number of amides is 2. The number of benzene rings is 2. The van der Waals surface area contributed by atoms with Gasteiger partial charge in [0, 0.05) is 18.9 Å². The minimum atomic E-state index is -1.22. The number of rotatable bonds is 5. The number of anilines is 1. The van der Waals surface area contributed by atoms with Gasteiger partial charge in [-0.15, -0.1) is 5.10 Å². The maximum Gasteiger partial charge on any atom is 0.414 e. The van der Waals surface area contributed by atoms with Gasteiger partial charge in [-0.2, -0.15) is 4.98 Å². The number of H-pyrrole nitrogens is 1. The fourth-order valence-electron chi connectivity index (χ4n) is 4.55. The zero-order valence-electron chi connectivity index (χ0n) is 17.8. The van der Waals surface area contributed by atoms with Crippen molar-refractivity contribution in [3.63, 3.8) is 0 Å². The number of hydrogen-bond donors (Lipinski definition) is 4. The van der Waals surface area contributed by atoms with Crippen molar-refractivity contribution in [3.05, 3.63) is 65.5 Å². The molecule has 2 atom stereocenters. The number of carboxylic acid groups (broad SMARTS) is 1. The molecule has 0 saturated carbocycles. The second-order valence-corrected chi connectivity index (χ2v) is 8.16. The number of nitrogens with zero attached hydrogens (tertiary/aromatic N) is 3. The maximum atomic E-state index is 12.6. The molecular formula is C23H21N5O6. The summed E-state index contributed by atoms with van der Waals surface area (Å²) in [5.41, 5.74) is 4.36. The highest BCUT2D eigenvalue weighted by molar-refractivity contribution is 5.94. The van der Waals surface area contributed by atoms with Gasteiger partial charge < -0.3 is 19.8 Å². The Morgan fingerprint density at radius 1 is 1.09 bits per heavy atom. The lowest BCUT2D eigenvalue weighted by molar-refractivity contribution is -0.141. The number of aliphatic hydroxyl groups excluding tert-OH is 1. The molecule has 11 nitrogen and oxygen atoms in total. The van der Waals surface area contributed by atoms with Crippen LogP contribution in [0.3, 0.4) is 0 Å². The average molecular weight is 463 g/mol. The molecular weight excluding hydrogens is 442 g/mol. The van der Waals surface area contributed by atoms with Crippen LogP contribution in [0.1, 0.15) is 34.1 Å². The number of β-amino-alcohol motifs (C(OH)–C–C–N with tert-alkyl or cyclic N) is 1. The van der Waals surface area contributed by atoms with Gasteiger partial charge in [-0.25, -0.2) is 9.59 Å². The van der Waals surface area contributed by atoms with Gasteiger partial charge in [0.25, 0.3) is 11.9 Å². The monoisotopic (exact) mass is 463 g/mol. The van der Waals surface area contributed by atoms with Crippen LogP contribution in [0, 0.1) is 0 Å². The molecule has 0 unspecified atom stereocenters. The summed E-state index contributed by atoms with van der Waals surface area (Å²) in [6.45, 7) is -0.0341. The number of likely N-dealkylation sites (tertiary alicyclic amines) is 1. The summed E-state index contributed by atoms with van der Waals surface area (Å²) >= 11 is 0.